The Morgan fingerprint density at radius 3 is 2.77 bits per heavy atom. The number of hydrogen-bond acceptors (Lipinski definition) is 1. The molecule has 0 aromatic carbocycles. The summed E-state index contributed by atoms with van der Waals surface area (Å²) in [5.74, 6) is 1.48. The summed E-state index contributed by atoms with van der Waals surface area (Å²) in [6.45, 7) is 8.53. The Morgan fingerprint density at radius 1 is 1.54 bits per heavy atom. The monoisotopic (exact) mass is 183 g/mol. The molecular weight excluding hydrogens is 162 g/mol. The molecule has 1 rings (SSSR count). The van der Waals surface area contributed by atoms with Gasteiger partial charge in [0.25, 0.3) is 0 Å². The van der Waals surface area contributed by atoms with E-state index in [1.165, 1.54) is 12.8 Å². The van der Waals surface area contributed by atoms with Crippen molar-refractivity contribution >= 4 is 5.96 Å². The van der Waals surface area contributed by atoms with Crippen LogP contribution >= 0.6 is 0 Å². The van der Waals surface area contributed by atoms with Crippen LogP contribution in [0.15, 0.2) is 4.99 Å². The third kappa shape index (κ3) is 3.25. The molecule has 1 aliphatic heterocycles. The molecule has 0 saturated carbocycles. The van der Waals surface area contributed by atoms with Gasteiger partial charge in [0.2, 0.25) is 0 Å². The van der Waals surface area contributed by atoms with Crippen LogP contribution in [0.2, 0.25) is 0 Å². The third-order valence-corrected chi connectivity index (χ3v) is 2.37. The van der Waals surface area contributed by atoms with Crippen molar-refractivity contribution in [1.29, 1.82) is 0 Å². The van der Waals surface area contributed by atoms with E-state index in [1.807, 2.05) is 0 Å². The number of likely N-dealkylation sites (tertiary alicyclic amines) is 1. The van der Waals surface area contributed by atoms with E-state index in [9.17, 15) is 0 Å². The van der Waals surface area contributed by atoms with Crippen LogP contribution in [0.4, 0.5) is 0 Å². The van der Waals surface area contributed by atoms with E-state index in [4.69, 9.17) is 5.73 Å². The van der Waals surface area contributed by atoms with Crippen LogP contribution in [0.1, 0.15) is 33.6 Å². The lowest BCUT2D eigenvalue weighted by molar-refractivity contribution is 0.270. The zero-order valence-corrected chi connectivity index (χ0v) is 8.95. The first-order valence-corrected chi connectivity index (χ1v) is 5.18. The number of rotatable bonds is 1. The van der Waals surface area contributed by atoms with E-state index in [1.54, 1.807) is 0 Å². The van der Waals surface area contributed by atoms with Gasteiger partial charge in [0.05, 0.1) is 0 Å². The van der Waals surface area contributed by atoms with Crippen LogP contribution in [0.5, 0.6) is 0 Å². The molecule has 0 radical (unpaired) electrons. The number of aliphatic imine (C=N–C) groups is 1. The van der Waals surface area contributed by atoms with Crippen molar-refractivity contribution < 1.29 is 0 Å². The Labute approximate surface area is 81.0 Å². The van der Waals surface area contributed by atoms with Gasteiger partial charge in [-0.2, -0.15) is 0 Å². The molecule has 1 heterocycles. The minimum Gasteiger partial charge on any atom is -0.370 e. The molecule has 0 aromatic rings. The van der Waals surface area contributed by atoms with E-state index < -0.39 is 0 Å². The van der Waals surface area contributed by atoms with Gasteiger partial charge in [-0.05, 0) is 32.6 Å². The minimum absolute atomic E-state index is 0.303. The van der Waals surface area contributed by atoms with Gasteiger partial charge >= 0.3 is 0 Å². The van der Waals surface area contributed by atoms with Crippen molar-refractivity contribution in [3.63, 3.8) is 0 Å². The van der Waals surface area contributed by atoms with Crippen LogP contribution in [-0.4, -0.2) is 30.0 Å². The van der Waals surface area contributed by atoms with Gasteiger partial charge < -0.3 is 10.6 Å². The van der Waals surface area contributed by atoms with Crippen molar-refractivity contribution in [2.45, 2.75) is 39.7 Å². The molecule has 3 heteroatoms. The summed E-state index contributed by atoms with van der Waals surface area (Å²) in [4.78, 5) is 6.56. The number of nitrogens with two attached hydrogens (primary N) is 1. The summed E-state index contributed by atoms with van der Waals surface area (Å²) in [5, 5.41) is 0. The van der Waals surface area contributed by atoms with Crippen LogP contribution in [0.3, 0.4) is 0 Å². The number of guanidine groups is 1. The standard InChI is InChI=1S/C10H21N3/c1-8(2)12-10(11)13-6-4-5-9(3)7-13/h8-9H,4-7H2,1-3H3,(H2,11,12). The molecule has 1 unspecified atom stereocenters. The van der Waals surface area contributed by atoms with E-state index >= 15 is 0 Å². The number of hydrogen-bond donors (Lipinski definition) is 1. The lowest BCUT2D eigenvalue weighted by atomic mass is 10.0. The Kier molecular flexibility index (Phi) is 3.58. The average molecular weight is 183 g/mol. The van der Waals surface area contributed by atoms with E-state index in [-0.39, 0.29) is 0 Å². The molecule has 0 spiro atoms. The van der Waals surface area contributed by atoms with Crippen LogP contribution in [0, 0.1) is 5.92 Å². The highest BCUT2D eigenvalue weighted by Gasteiger charge is 2.17. The molecule has 2 N–H and O–H groups in total. The SMILES string of the molecule is CC1CCCN(C(N)=NC(C)C)C1. The van der Waals surface area contributed by atoms with Crippen molar-refractivity contribution in [2.75, 3.05) is 13.1 Å². The van der Waals surface area contributed by atoms with Crippen molar-refractivity contribution in [2.24, 2.45) is 16.6 Å². The van der Waals surface area contributed by atoms with Gasteiger partial charge in [-0.25, -0.2) is 0 Å². The van der Waals surface area contributed by atoms with Crippen molar-refractivity contribution in [3.05, 3.63) is 0 Å². The maximum atomic E-state index is 5.89. The summed E-state index contributed by atoms with van der Waals surface area (Å²) in [6, 6.07) is 0.303. The number of nitrogens with zero attached hydrogens (tertiary/aromatic N) is 2. The summed E-state index contributed by atoms with van der Waals surface area (Å²) in [6.07, 6.45) is 2.57. The fourth-order valence-corrected chi connectivity index (χ4v) is 1.74. The van der Waals surface area contributed by atoms with Gasteiger partial charge in [0.15, 0.2) is 5.96 Å². The molecular formula is C10H21N3. The Morgan fingerprint density at radius 2 is 2.23 bits per heavy atom. The van der Waals surface area contributed by atoms with Gasteiger partial charge in [0, 0.05) is 19.1 Å². The molecule has 13 heavy (non-hydrogen) atoms. The molecule has 0 aromatic heterocycles. The summed E-state index contributed by atoms with van der Waals surface area (Å²) < 4.78 is 0. The first-order chi connectivity index (χ1) is 6.09. The minimum atomic E-state index is 0.303. The van der Waals surface area contributed by atoms with Crippen LogP contribution in [-0.2, 0) is 0 Å². The summed E-state index contributed by atoms with van der Waals surface area (Å²) in [7, 11) is 0. The average Bonchev–Trinajstić information content (AvgIpc) is 2.03. The second-order valence-electron chi connectivity index (χ2n) is 4.27. The quantitative estimate of drug-likeness (QED) is 0.494. The fourth-order valence-electron chi connectivity index (χ4n) is 1.74. The van der Waals surface area contributed by atoms with Crippen LogP contribution < -0.4 is 5.73 Å². The highest BCUT2D eigenvalue weighted by atomic mass is 15.3. The van der Waals surface area contributed by atoms with E-state index in [2.05, 4.69) is 30.7 Å². The van der Waals surface area contributed by atoms with Crippen molar-refractivity contribution in [3.8, 4) is 0 Å². The molecule has 0 amide bonds. The smallest absolute Gasteiger partial charge is 0.191 e. The second-order valence-corrected chi connectivity index (χ2v) is 4.27. The largest absolute Gasteiger partial charge is 0.370 e. The summed E-state index contributed by atoms with van der Waals surface area (Å²) in [5.41, 5.74) is 5.89. The van der Waals surface area contributed by atoms with E-state index in [0.29, 0.717) is 6.04 Å². The maximum Gasteiger partial charge on any atom is 0.191 e. The molecule has 76 valence electrons. The van der Waals surface area contributed by atoms with Crippen LogP contribution in [0.25, 0.3) is 0 Å². The third-order valence-electron chi connectivity index (χ3n) is 2.37. The predicted molar refractivity (Wildman–Crippen MR) is 56.7 cm³/mol. The summed E-state index contributed by atoms with van der Waals surface area (Å²) >= 11 is 0. The Balaban J connectivity index is 2.50. The molecule has 1 fully saturated rings. The zero-order chi connectivity index (χ0) is 9.84. The lowest BCUT2D eigenvalue weighted by Crippen LogP contribution is -2.43. The van der Waals surface area contributed by atoms with E-state index in [0.717, 1.165) is 25.0 Å². The normalized spacial score (nSPS) is 25.4. The maximum absolute atomic E-state index is 5.89. The van der Waals surface area contributed by atoms with Gasteiger partial charge in [-0.15, -0.1) is 0 Å². The number of piperidine rings is 1. The second kappa shape index (κ2) is 4.49. The molecule has 1 atom stereocenters. The first kappa shape index (κ1) is 10.4. The Hall–Kier alpha value is -0.730. The fraction of sp³-hybridized carbons (Fsp3) is 0.900. The lowest BCUT2D eigenvalue weighted by Gasteiger charge is -2.31. The molecule has 0 bridgehead atoms. The van der Waals surface area contributed by atoms with Gasteiger partial charge in [0.1, 0.15) is 0 Å². The zero-order valence-electron chi connectivity index (χ0n) is 8.95. The molecule has 1 saturated heterocycles. The van der Waals surface area contributed by atoms with Gasteiger partial charge in [-0.3, -0.25) is 4.99 Å². The Bertz CT molecular complexity index is 187. The van der Waals surface area contributed by atoms with Crippen molar-refractivity contribution in [1.82, 2.24) is 4.90 Å². The predicted octanol–water partition coefficient (Wildman–Crippen LogP) is 1.44. The first-order valence-electron chi connectivity index (χ1n) is 5.18. The molecule has 1 aliphatic rings. The highest BCUT2D eigenvalue weighted by molar-refractivity contribution is 5.78. The molecule has 0 aliphatic carbocycles. The topological polar surface area (TPSA) is 41.6 Å². The van der Waals surface area contributed by atoms with Gasteiger partial charge in [-0.1, -0.05) is 6.92 Å². The highest BCUT2D eigenvalue weighted by Crippen LogP contribution is 2.14. The molecule has 3 nitrogen and oxygen atoms in total.